The number of nitrogens with zero attached hydrogens (tertiary/aromatic N) is 1. The molecule has 2 atom stereocenters. The van der Waals surface area contributed by atoms with E-state index in [-0.39, 0.29) is 0 Å². The Labute approximate surface area is 124 Å². The molecule has 0 amide bonds. The van der Waals surface area contributed by atoms with Crippen LogP contribution < -0.4 is 4.90 Å². The van der Waals surface area contributed by atoms with Crippen molar-refractivity contribution >= 4 is 5.69 Å². The van der Waals surface area contributed by atoms with Gasteiger partial charge in [0, 0.05) is 18.3 Å². The van der Waals surface area contributed by atoms with Gasteiger partial charge in [0.15, 0.2) is 0 Å². The van der Waals surface area contributed by atoms with Crippen LogP contribution in [0.2, 0.25) is 0 Å². The monoisotopic (exact) mass is 287 g/mol. The second kappa shape index (κ2) is 6.33. The number of benzene rings is 1. The van der Waals surface area contributed by atoms with Crippen molar-refractivity contribution in [2.75, 3.05) is 18.1 Å². The summed E-state index contributed by atoms with van der Waals surface area (Å²) in [7, 11) is 0. The Morgan fingerprint density at radius 3 is 3.00 bits per heavy atom. The number of β-amino-alcohol motifs (C(OH)–C–C–N with tert-alkyl or cyclic N) is 1. The molecule has 21 heavy (non-hydrogen) atoms. The van der Waals surface area contributed by atoms with Crippen LogP contribution in [0.1, 0.15) is 18.2 Å². The van der Waals surface area contributed by atoms with E-state index in [1.54, 1.807) is 6.26 Å². The molecule has 1 aliphatic heterocycles. The van der Waals surface area contributed by atoms with Gasteiger partial charge in [-0.1, -0.05) is 18.2 Å². The van der Waals surface area contributed by atoms with Crippen molar-refractivity contribution < 1.29 is 14.3 Å². The maximum Gasteiger partial charge on any atom is 0.129 e. The number of ether oxygens (including phenoxy) is 1. The molecular weight excluding hydrogens is 266 g/mol. The minimum Gasteiger partial charge on any atom is -0.467 e. The van der Waals surface area contributed by atoms with Crippen LogP contribution in [-0.2, 0) is 17.8 Å². The van der Waals surface area contributed by atoms with E-state index in [0.717, 1.165) is 12.2 Å². The Kier molecular flexibility index (Phi) is 4.27. The summed E-state index contributed by atoms with van der Waals surface area (Å²) >= 11 is 0. The Bertz CT molecular complexity index is 567. The topological polar surface area (TPSA) is 45.8 Å². The highest BCUT2D eigenvalue weighted by Gasteiger charge is 2.26. The summed E-state index contributed by atoms with van der Waals surface area (Å²) in [5, 5.41) is 10.2. The van der Waals surface area contributed by atoms with Crippen LogP contribution in [0.5, 0.6) is 0 Å². The summed E-state index contributed by atoms with van der Waals surface area (Å²) in [6.45, 7) is 3.50. The van der Waals surface area contributed by atoms with Crippen molar-refractivity contribution in [3.05, 3.63) is 54.0 Å². The Hall–Kier alpha value is -1.78. The number of rotatable bonds is 6. The van der Waals surface area contributed by atoms with Crippen LogP contribution in [0.3, 0.4) is 0 Å². The van der Waals surface area contributed by atoms with Crippen molar-refractivity contribution in [3.63, 3.8) is 0 Å². The van der Waals surface area contributed by atoms with Gasteiger partial charge in [0.1, 0.15) is 12.4 Å². The van der Waals surface area contributed by atoms with E-state index in [9.17, 15) is 5.11 Å². The van der Waals surface area contributed by atoms with Gasteiger partial charge in [-0.05, 0) is 37.1 Å². The molecule has 1 aliphatic rings. The van der Waals surface area contributed by atoms with Crippen molar-refractivity contribution in [2.45, 2.75) is 32.1 Å². The zero-order valence-corrected chi connectivity index (χ0v) is 12.2. The van der Waals surface area contributed by atoms with Crippen molar-refractivity contribution in [1.82, 2.24) is 0 Å². The molecule has 112 valence electrons. The summed E-state index contributed by atoms with van der Waals surface area (Å²) < 4.78 is 10.7. The largest absolute Gasteiger partial charge is 0.467 e. The van der Waals surface area contributed by atoms with E-state index in [2.05, 4.69) is 30.0 Å². The standard InChI is InChI=1S/C17H21NO3/c1-13-9-14-5-2-3-7-17(14)18(13)10-15(19)11-20-12-16-6-4-8-21-16/h2-8,13,15,19H,9-12H2,1H3. The first kappa shape index (κ1) is 14.2. The maximum absolute atomic E-state index is 10.2. The second-order valence-electron chi connectivity index (χ2n) is 5.58. The smallest absolute Gasteiger partial charge is 0.129 e. The third-order valence-corrected chi connectivity index (χ3v) is 3.89. The van der Waals surface area contributed by atoms with Crippen molar-refractivity contribution in [2.24, 2.45) is 0 Å². The first-order chi connectivity index (χ1) is 10.2. The van der Waals surface area contributed by atoms with E-state index in [1.165, 1.54) is 11.3 Å². The number of aliphatic hydroxyl groups excluding tert-OH is 1. The summed E-state index contributed by atoms with van der Waals surface area (Å²) in [5.41, 5.74) is 2.59. The molecule has 2 heterocycles. The number of para-hydroxylation sites is 1. The third kappa shape index (κ3) is 3.28. The highest BCUT2D eigenvalue weighted by molar-refractivity contribution is 5.59. The van der Waals surface area contributed by atoms with Crippen LogP contribution in [0.25, 0.3) is 0 Å². The van der Waals surface area contributed by atoms with Gasteiger partial charge in [-0.15, -0.1) is 0 Å². The first-order valence-electron chi connectivity index (χ1n) is 7.37. The summed E-state index contributed by atoms with van der Waals surface area (Å²) in [6, 6.07) is 12.5. The molecule has 0 aliphatic carbocycles. The molecule has 0 saturated carbocycles. The Morgan fingerprint density at radius 1 is 1.33 bits per heavy atom. The van der Waals surface area contributed by atoms with E-state index < -0.39 is 6.10 Å². The number of furan rings is 1. The molecule has 1 N–H and O–H groups in total. The van der Waals surface area contributed by atoms with E-state index in [4.69, 9.17) is 9.15 Å². The number of hydrogen-bond acceptors (Lipinski definition) is 4. The minimum atomic E-state index is -0.506. The van der Waals surface area contributed by atoms with Gasteiger partial charge in [-0.3, -0.25) is 0 Å². The normalized spacial score (nSPS) is 18.8. The van der Waals surface area contributed by atoms with Gasteiger partial charge < -0.3 is 19.2 Å². The summed E-state index contributed by atoms with van der Waals surface area (Å²) in [6.07, 6.45) is 2.15. The number of fused-ring (bicyclic) bond motifs is 1. The molecule has 1 aromatic heterocycles. The minimum absolute atomic E-state index is 0.312. The Balaban J connectivity index is 1.51. The van der Waals surface area contributed by atoms with E-state index in [1.807, 2.05) is 18.2 Å². The quantitative estimate of drug-likeness (QED) is 0.887. The lowest BCUT2D eigenvalue weighted by molar-refractivity contribution is 0.0251. The fourth-order valence-corrected chi connectivity index (χ4v) is 2.88. The third-order valence-electron chi connectivity index (χ3n) is 3.89. The fraction of sp³-hybridized carbons (Fsp3) is 0.412. The molecule has 2 aromatic rings. The van der Waals surface area contributed by atoms with Gasteiger partial charge in [-0.25, -0.2) is 0 Å². The number of hydrogen-bond donors (Lipinski definition) is 1. The van der Waals surface area contributed by atoms with Crippen LogP contribution >= 0.6 is 0 Å². The maximum atomic E-state index is 10.2. The van der Waals surface area contributed by atoms with E-state index in [0.29, 0.717) is 25.8 Å². The lowest BCUT2D eigenvalue weighted by Crippen LogP contribution is -2.38. The zero-order valence-electron chi connectivity index (χ0n) is 12.2. The molecule has 0 bridgehead atoms. The van der Waals surface area contributed by atoms with Gasteiger partial charge >= 0.3 is 0 Å². The highest BCUT2D eigenvalue weighted by Crippen LogP contribution is 2.31. The van der Waals surface area contributed by atoms with Gasteiger partial charge in [0.25, 0.3) is 0 Å². The second-order valence-corrected chi connectivity index (χ2v) is 5.58. The van der Waals surface area contributed by atoms with E-state index >= 15 is 0 Å². The highest BCUT2D eigenvalue weighted by atomic mass is 16.5. The van der Waals surface area contributed by atoms with Crippen LogP contribution in [0.15, 0.2) is 47.1 Å². The molecule has 0 radical (unpaired) electrons. The molecule has 3 rings (SSSR count). The molecule has 4 heteroatoms. The SMILES string of the molecule is CC1Cc2ccccc2N1CC(O)COCc1ccco1. The fourth-order valence-electron chi connectivity index (χ4n) is 2.88. The molecule has 4 nitrogen and oxygen atoms in total. The lowest BCUT2D eigenvalue weighted by atomic mass is 10.1. The van der Waals surface area contributed by atoms with Crippen LogP contribution in [0, 0.1) is 0 Å². The van der Waals surface area contributed by atoms with Crippen LogP contribution in [-0.4, -0.2) is 30.4 Å². The predicted molar refractivity (Wildman–Crippen MR) is 81.3 cm³/mol. The molecule has 0 fully saturated rings. The summed E-state index contributed by atoms with van der Waals surface area (Å²) in [5.74, 6) is 0.780. The predicted octanol–water partition coefficient (Wildman–Crippen LogP) is 2.61. The zero-order chi connectivity index (χ0) is 14.7. The van der Waals surface area contributed by atoms with Crippen molar-refractivity contribution in [3.8, 4) is 0 Å². The number of aliphatic hydroxyl groups is 1. The lowest BCUT2D eigenvalue weighted by Gasteiger charge is -2.27. The molecular formula is C17H21NO3. The average molecular weight is 287 g/mol. The Morgan fingerprint density at radius 2 is 2.19 bits per heavy atom. The van der Waals surface area contributed by atoms with Crippen molar-refractivity contribution in [1.29, 1.82) is 0 Å². The molecule has 1 aromatic carbocycles. The molecule has 0 spiro atoms. The van der Waals surface area contributed by atoms with Gasteiger partial charge in [-0.2, -0.15) is 0 Å². The average Bonchev–Trinajstić information content (AvgIpc) is 3.08. The van der Waals surface area contributed by atoms with Gasteiger partial charge in [0.2, 0.25) is 0 Å². The summed E-state index contributed by atoms with van der Waals surface area (Å²) in [4.78, 5) is 2.26. The van der Waals surface area contributed by atoms with Gasteiger partial charge in [0.05, 0.1) is 19.0 Å². The number of anilines is 1. The first-order valence-corrected chi connectivity index (χ1v) is 7.37. The van der Waals surface area contributed by atoms with Crippen LogP contribution in [0.4, 0.5) is 5.69 Å². The molecule has 2 unspecified atom stereocenters. The molecule has 0 saturated heterocycles.